The maximum atomic E-state index is 12.4. The molecule has 1 aliphatic carbocycles. The van der Waals surface area contributed by atoms with Gasteiger partial charge in [0.1, 0.15) is 0 Å². The molecule has 0 saturated heterocycles. The zero-order chi connectivity index (χ0) is 18.6. The van der Waals surface area contributed by atoms with Gasteiger partial charge >= 0.3 is 0 Å². The van der Waals surface area contributed by atoms with Crippen LogP contribution in [0.2, 0.25) is 0 Å². The monoisotopic (exact) mass is 426 g/mol. The number of rotatable bonds is 6. The molecule has 1 fully saturated rings. The molecule has 28 heavy (non-hydrogen) atoms. The molecule has 1 saturated carbocycles. The van der Waals surface area contributed by atoms with Crippen LogP contribution in [-0.4, -0.2) is 27.5 Å². The zero-order valence-corrected chi connectivity index (χ0v) is 18.3. The molecule has 0 spiro atoms. The molecule has 3 rings (SSSR count). The van der Waals surface area contributed by atoms with Crippen LogP contribution in [0.5, 0.6) is 0 Å². The average Bonchev–Trinajstić information content (AvgIpc) is 3.04. The number of nitrogens with two attached hydrogens (primary N) is 1. The van der Waals surface area contributed by atoms with Gasteiger partial charge in [-0.15, -0.1) is 24.8 Å². The van der Waals surface area contributed by atoms with E-state index in [1.807, 2.05) is 29.0 Å². The predicted octanol–water partition coefficient (Wildman–Crippen LogP) is 3.73. The molecule has 1 heterocycles. The van der Waals surface area contributed by atoms with Crippen LogP contribution in [0.25, 0.3) is 0 Å². The minimum Gasteiger partial charge on any atom is -0.352 e. The number of carbonyl (C=O) groups is 1. The van der Waals surface area contributed by atoms with Crippen LogP contribution in [0.15, 0.2) is 42.9 Å². The third kappa shape index (κ3) is 7.12. The fraction of sp³-hybridized carbons (Fsp3) is 0.524. The normalized spacial score (nSPS) is 17.1. The highest BCUT2D eigenvalue weighted by molar-refractivity contribution is 5.85. The topological polar surface area (TPSA) is 72.9 Å². The van der Waals surface area contributed by atoms with E-state index in [1.54, 1.807) is 6.33 Å². The van der Waals surface area contributed by atoms with E-state index in [1.165, 1.54) is 5.56 Å². The second-order valence-corrected chi connectivity index (χ2v) is 8.28. The lowest BCUT2D eigenvalue weighted by molar-refractivity contribution is -0.123. The molecule has 1 atom stereocenters. The van der Waals surface area contributed by atoms with Crippen LogP contribution in [-0.2, 0) is 17.8 Å². The van der Waals surface area contributed by atoms with E-state index in [2.05, 4.69) is 36.3 Å². The maximum Gasteiger partial charge on any atom is 0.237 e. The summed E-state index contributed by atoms with van der Waals surface area (Å²) in [5.74, 6) is -0.0627. The van der Waals surface area contributed by atoms with E-state index >= 15 is 0 Å². The first-order chi connectivity index (χ1) is 12.4. The summed E-state index contributed by atoms with van der Waals surface area (Å²) in [6, 6.07) is 9.95. The van der Waals surface area contributed by atoms with Gasteiger partial charge in [0.05, 0.1) is 18.1 Å². The Bertz CT molecular complexity index is 723. The van der Waals surface area contributed by atoms with Crippen LogP contribution in [0.4, 0.5) is 0 Å². The predicted molar refractivity (Wildman–Crippen MR) is 118 cm³/mol. The standard InChI is InChI=1S/C21H30N4O.2ClH/c1-21(2)10-8-17(9-11-21)24-20(26)19(22)12-18-14-25(15-23-18)13-16-6-4-3-5-7-16;;/h3-7,14-15,17,19H,8-13,22H2,1-2H3,(H,24,26);2*1H/t19-;;/m0../s1. The summed E-state index contributed by atoms with van der Waals surface area (Å²) in [5.41, 5.74) is 8.59. The summed E-state index contributed by atoms with van der Waals surface area (Å²) in [5, 5.41) is 3.12. The third-order valence-electron chi connectivity index (χ3n) is 5.35. The van der Waals surface area contributed by atoms with Crippen molar-refractivity contribution in [1.82, 2.24) is 14.9 Å². The summed E-state index contributed by atoms with van der Waals surface area (Å²) in [4.78, 5) is 16.8. The Hall–Kier alpha value is -1.56. The molecular formula is C21H32Cl2N4O. The van der Waals surface area contributed by atoms with Crippen molar-refractivity contribution in [2.75, 3.05) is 0 Å². The minimum absolute atomic E-state index is 0. The molecule has 156 valence electrons. The molecule has 5 nitrogen and oxygen atoms in total. The molecular weight excluding hydrogens is 395 g/mol. The summed E-state index contributed by atoms with van der Waals surface area (Å²) in [7, 11) is 0. The summed E-state index contributed by atoms with van der Waals surface area (Å²) >= 11 is 0. The van der Waals surface area contributed by atoms with Crippen molar-refractivity contribution in [2.45, 2.75) is 64.6 Å². The van der Waals surface area contributed by atoms with Gasteiger partial charge in [-0.1, -0.05) is 44.2 Å². The second-order valence-electron chi connectivity index (χ2n) is 8.28. The van der Waals surface area contributed by atoms with E-state index in [9.17, 15) is 4.79 Å². The molecule has 0 unspecified atom stereocenters. The molecule has 1 aromatic carbocycles. The van der Waals surface area contributed by atoms with Gasteiger partial charge in [0.25, 0.3) is 0 Å². The molecule has 2 aromatic rings. The molecule has 7 heteroatoms. The first-order valence-corrected chi connectivity index (χ1v) is 9.52. The van der Waals surface area contributed by atoms with Crippen molar-refractivity contribution in [1.29, 1.82) is 0 Å². The van der Waals surface area contributed by atoms with Gasteiger partial charge in [-0.3, -0.25) is 4.79 Å². The Kier molecular flexibility index (Phi) is 9.48. The van der Waals surface area contributed by atoms with E-state index in [4.69, 9.17) is 5.73 Å². The fourth-order valence-corrected chi connectivity index (χ4v) is 3.56. The largest absolute Gasteiger partial charge is 0.352 e. The van der Waals surface area contributed by atoms with Gasteiger partial charge in [-0.2, -0.15) is 0 Å². The van der Waals surface area contributed by atoms with Crippen molar-refractivity contribution in [2.24, 2.45) is 11.1 Å². The van der Waals surface area contributed by atoms with Gasteiger partial charge in [-0.05, 0) is 36.7 Å². The lowest BCUT2D eigenvalue weighted by Gasteiger charge is -2.35. The quantitative estimate of drug-likeness (QED) is 0.738. The Balaban J connectivity index is 0.00000196. The van der Waals surface area contributed by atoms with Crippen LogP contribution in [0.1, 0.15) is 50.8 Å². The van der Waals surface area contributed by atoms with Crippen LogP contribution < -0.4 is 11.1 Å². The number of carbonyl (C=O) groups excluding carboxylic acids is 1. The van der Waals surface area contributed by atoms with Crippen molar-refractivity contribution < 1.29 is 4.79 Å². The Labute approximate surface area is 180 Å². The maximum absolute atomic E-state index is 12.4. The van der Waals surface area contributed by atoms with Crippen molar-refractivity contribution >= 4 is 30.7 Å². The molecule has 3 N–H and O–H groups in total. The third-order valence-corrected chi connectivity index (χ3v) is 5.35. The highest BCUT2D eigenvalue weighted by atomic mass is 35.5. The number of amides is 1. The van der Waals surface area contributed by atoms with Crippen molar-refractivity contribution in [3.8, 4) is 0 Å². The number of aromatic nitrogens is 2. The zero-order valence-electron chi connectivity index (χ0n) is 16.6. The lowest BCUT2D eigenvalue weighted by Crippen LogP contribution is -2.48. The van der Waals surface area contributed by atoms with Crippen LogP contribution in [0, 0.1) is 5.41 Å². The number of nitrogens with zero attached hydrogens (tertiary/aromatic N) is 2. The molecule has 1 aromatic heterocycles. The van der Waals surface area contributed by atoms with E-state index < -0.39 is 6.04 Å². The van der Waals surface area contributed by atoms with Gasteiger partial charge in [0, 0.05) is 25.2 Å². The molecule has 0 aliphatic heterocycles. The Morgan fingerprint density at radius 1 is 1.25 bits per heavy atom. The number of hydrogen-bond donors (Lipinski definition) is 2. The number of benzene rings is 1. The fourth-order valence-electron chi connectivity index (χ4n) is 3.56. The lowest BCUT2D eigenvalue weighted by atomic mass is 9.75. The average molecular weight is 427 g/mol. The Morgan fingerprint density at radius 3 is 2.54 bits per heavy atom. The number of halogens is 2. The first-order valence-electron chi connectivity index (χ1n) is 9.52. The first kappa shape index (κ1) is 24.5. The molecule has 0 bridgehead atoms. The SMILES string of the molecule is CC1(C)CCC(NC(=O)[C@@H](N)Cc2cn(Cc3ccccc3)cn2)CC1.Cl.Cl. The van der Waals surface area contributed by atoms with Gasteiger partial charge in [-0.25, -0.2) is 4.98 Å². The van der Waals surface area contributed by atoms with Crippen molar-refractivity contribution in [3.63, 3.8) is 0 Å². The van der Waals surface area contributed by atoms with Gasteiger partial charge in [0.2, 0.25) is 5.91 Å². The highest BCUT2D eigenvalue weighted by Crippen LogP contribution is 2.34. The minimum atomic E-state index is -0.551. The van der Waals surface area contributed by atoms with Gasteiger partial charge < -0.3 is 15.6 Å². The highest BCUT2D eigenvalue weighted by Gasteiger charge is 2.28. The second kappa shape index (κ2) is 10.8. The molecule has 0 radical (unpaired) electrons. The van der Waals surface area contributed by atoms with Crippen molar-refractivity contribution in [3.05, 3.63) is 54.1 Å². The molecule has 1 amide bonds. The van der Waals surface area contributed by atoms with E-state index in [0.29, 0.717) is 11.8 Å². The Morgan fingerprint density at radius 2 is 1.89 bits per heavy atom. The summed E-state index contributed by atoms with van der Waals surface area (Å²) in [6.07, 6.45) is 8.62. The summed E-state index contributed by atoms with van der Waals surface area (Å²) in [6.45, 7) is 5.36. The number of hydrogen-bond acceptors (Lipinski definition) is 3. The smallest absolute Gasteiger partial charge is 0.237 e. The number of imidazole rings is 1. The van der Waals surface area contributed by atoms with Crippen LogP contribution >= 0.6 is 24.8 Å². The number of nitrogens with one attached hydrogen (secondary N) is 1. The van der Waals surface area contributed by atoms with Gasteiger partial charge in [0.15, 0.2) is 0 Å². The van der Waals surface area contributed by atoms with E-state index in [-0.39, 0.29) is 36.8 Å². The van der Waals surface area contributed by atoms with Crippen LogP contribution in [0.3, 0.4) is 0 Å². The molecule has 1 aliphatic rings. The van der Waals surface area contributed by atoms with E-state index in [0.717, 1.165) is 37.9 Å². The summed E-state index contributed by atoms with van der Waals surface area (Å²) < 4.78 is 2.03.